The first-order valence-corrected chi connectivity index (χ1v) is 8.31. The van der Waals surface area contributed by atoms with E-state index in [9.17, 15) is 4.79 Å². The summed E-state index contributed by atoms with van der Waals surface area (Å²) in [6.07, 6.45) is 5.33. The second kappa shape index (κ2) is 6.14. The van der Waals surface area contributed by atoms with Crippen molar-refractivity contribution in [2.45, 2.75) is 20.8 Å². The Morgan fingerprint density at radius 2 is 1.96 bits per heavy atom. The molecule has 0 saturated carbocycles. The lowest BCUT2D eigenvalue weighted by atomic mass is 10.1. The smallest absolute Gasteiger partial charge is 0.298 e. The lowest BCUT2D eigenvalue weighted by molar-refractivity contribution is 0.313. The molecular formula is C18H18N6O2. The van der Waals surface area contributed by atoms with Crippen LogP contribution in [0.5, 0.6) is 6.01 Å². The third kappa shape index (κ3) is 2.65. The normalized spacial score (nSPS) is 11.2. The molecule has 1 aromatic carbocycles. The molecule has 0 aliphatic rings. The second-order valence-corrected chi connectivity index (χ2v) is 5.99. The van der Waals surface area contributed by atoms with E-state index in [1.807, 2.05) is 49.8 Å². The van der Waals surface area contributed by atoms with E-state index >= 15 is 0 Å². The number of fused-ring (bicyclic) bond motifs is 1. The average molecular weight is 350 g/mol. The van der Waals surface area contributed by atoms with Crippen molar-refractivity contribution in [1.82, 2.24) is 29.5 Å². The fourth-order valence-corrected chi connectivity index (χ4v) is 3.06. The molecular weight excluding hydrogens is 332 g/mol. The molecule has 3 heterocycles. The Hall–Kier alpha value is -3.42. The van der Waals surface area contributed by atoms with Gasteiger partial charge in [0.15, 0.2) is 5.65 Å². The second-order valence-electron chi connectivity index (χ2n) is 5.99. The molecule has 8 nitrogen and oxygen atoms in total. The van der Waals surface area contributed by atoms with Crippen LogP contribution in [0.1, 0.15) is 18.1 Å². The molecule has 0 amide bonds. The third-order valence-electron chi connectivity index (χ3n) is 4.12. The van der Waals surface area contributed by atoms with Crippen LogP contribution in [0.25, 0.3) is 22.4 Å². The van der Waals surface area contributed by atoms with Crippen molar-refractivity contribution in [3.05, 3.63) is 58.3 Å². The lowest BCUT2D eigenvalue weighted by Crippen LogP contribution is -2.09. The largest absolute Gasteiger partial charge is 0.465 e. The van der Waals surface area contributed by atoms with E-state index in [0.29, 0.717) is 17.6 Å². The van der Waals surface area contributed by atoms with Crippen molar-refractivity contribution in [1.29, 1.82) is 0 Å². The van der Waals surface area contributed by atoms with E-state index in [-0.39, 0.29) is 11.6 Å². The molecule has 4 aromatic rings. The van der Waals surface area contributed by atoms with Gasteiger partial charge >= 0.3 is 0 Å². The van der Waals surface area contributed by atoms with Crippen LogP contribution < -0.4 is 10.3 Å². The molecule has 3 aromatic heterocycles. The summed E-state index contributed by atoms with van der Waals surface area (Å²) >= 11 is 0. The Morgan fingerprint density at radius 1 is 1.19 bits per heavy atom. The highest BCUT2D eigenvalue weighted by atomic mass is 16.5. The number of aryl methyl sites for hydroxylation is 2. The van der Waals surface area contributed by atoms with Crippen LogP contribution in [0.3, 0.4) is 0 Å². The zero-order chi connectivity index (χ0) is 18.3. The molecule has 26 heavy (non-hydrogen) atoms. The van der Waals surface area contributed by atoms with Crippen LogP contribution in [0, 0.1) is 13.8 Å². The van der Waals surface area contributed by atoms with Crippen molar-refractivity contribution in [3.63, 3.8) is 0 Å². The predicted octanol–water partition coefficient (Wildman–Crippen LogP) is 2.31. The summed E-state index contributed by atoms with van der Waals surface area (Å²) in [6.45, 7) is 6.26. The maximum atomic E-state index is 12.3. The summed E-state index contributed by atoms with van der Waals surface area (Å²) in [4.78, 5) is 19.1. The van der Waals surface area contributed by atoms with Crippen LogP contribution in [0.4, 0.5) is 0 Å². The number of nitrogens with zero attached hydrogens (tertiary/aromatic N) is 5. The zero-order valence-electron chi connectivity index (χ0n) is 14.7. The molecule has 0 unspecified atom stereocenters. The van der Waals surface area contributed by atoms with E-state index in [4.69, 9.17) is 4.74 Å². The van der Waals surface area contributed by atoms with Crippen LogP contribution in [0.15, 0.2) is 41.6 Å². The number of ether oxygens (including phenoxy) is 1. The molecule has 0 saturated heterocycles. The third-order valence-corrected chi connectivity index (χ3v) is 4.12. The molecule has 0 radical (unpaired) electrons. The maximum absolute atomic E-state index is 12.3. The first-order valence-electron chi connectivity index (χ1n) is 8.31. The van der Waals surface area contributed by atoms with E-state index in [1.54, 1.807) is 17.1 Å². The van der Waals surface area contributed by atoms with E-state index < -0.39 is 0 Å². The number of aromatic amines is 1. The van der Waals surface area contributed by atoms with Gasteiger partial charge in [0.05, 0.1) is 18.0 Å². The Kier molecular flexibility index (Phi) is 3.80. The van der Waals surface area contributed by atoms with Gasteiger partial charge in [-0.1, -0.05) is 0 Å². The van der Waals surface area contributed by atoms with Crippen LogP contribution in [-0.2, 0) is 0 Å². The lowest BCUT2D eigenvalue weighted by Gasteiger charge is -2.12. The number of aromatic nitrogens is 6. The molecule has 0 atom stereocenters. The van der Waals surface area contributed by atoms with Gasteiger partial charge in [0.1, 0.15) is 5.39 Å². The van der Waals surface area contributed by atoms with E-state index in [2.05, 4.69) is 20.2 Å². The minimum absolute atomic E-state index is 0.178. The number of hydrogen-bond donors (Lipinski definition) is 1. The molecule has 8 heteroatoms. The summed E-state index contributed by atoms with van der Waals surface area (Å²) in [6, 6.07) is 6.13. The molecule has 0 spiro atoms. The van der Waals surface area contributed by atoms with Crippen LogP contribution in [-0.4, -0.2) is 36.1 Å². The summed E-state index contributed by atoms with van der Waals surface area (Å²) in [7, 11) is 0. The van der Waals surface area contributed by atoms with Gasteiger partial charge in [0.2, 0.25) is 0 Å². The highest BCUT2D eigenvalue weighted by Gasteiger charge is 2.14. The van der Waals surface area contributed by atoms with Gasteiger partial charge in [-0.25, -0.2) is 9.36 Å². The van der Waals surface area contributed by atoms with Gasteiger partial charge in [-0.15, -0.1) is 5.10 Å². The molecule has 0 bridgehead atoms. The number of benzene rings is 1. The number of hydrogen-bond acceptors (Lipinski definition) is 5. The minimum atomic E-state index is -0.270. The zero-order valence-corrected chi connectivity index (χ0v) is 14.7. The molecule has 132 valence electrons. The monoisotopic (exact) mass is 350 g/mol. The minimum Gasteiger partial charge on any atom is -0.465 e. The molecule has 0 aliphatic heterocycles. The van der Waals surface area contributed by atoms with Crippen LogP contribution >= 0.6 is 0 Å². The number of rotatable bonds is 4. The van der Waals surface area contributed by atoms with Crippen molar-refractivity contribution in [2.75, 3.05) is 6.61 Å². The van der Waals surface area contributed by atoms with Crippen molar-refractivity contribution < 1.29 is 4.74 Å². The molecule has 1 N–H and O–H groups in total. The fourth-order valence-electron chi connectivity index (χ4n) is 3.06. The van der Waals surface area contributed by atoms with Gasteiger partial charge in [0.25, 0.3) is 11.6 Å². The summed E-state index contributed by atoms with van der Waals surface area (Å²) in [5.41, 5.74) is 4.01. The SMILES string of the molecule is CCOc1nc2nn(-c3c(C)cc(-n4cccn4)cc3C)cc2c(=O)[nH]1. The van der Waals surface area contributed by atoms with Gasteiger partial charge in [-0.2, -0.15) is 10.1 Å². The van der Waals surface area contributed by atoms with Gasteiger partial charge in [-0.3, -0.25) is 9.78 Å². The Bertz CT molecular complexity index is 1120. The van der Waals surface area contributed by atoms with E-state index in [0.717, 1.165) is 22.5 Å². The topological polar surface area (TPSA) is 90.6 Å². The number of nitrogens with one attached hydrogen (secondary N) is 1. The fraction of sp³-hybridized carbons (Fsp3) is 0.222. The summed E-state index contributed by atoms with van der Waals surface area (Å²) < 4.78 is 8.79. The standard InChI is InChI=1S/C18H18N6O2/c1-4-26-18-20-16-14(17(25)21-18)10-24(22-16)15-11(2)8-13(9-12(15)3)23-7-5-6-19-23/h5-10H,4H2,1-3H3,(H,20,21,22,25). The molecule has 0 aliphatic carbocycles. The quantitative estimate of drug-likeness (QED) is 0.610. The Morgan fingerprint density at radius 3 is 2.62 bits per heavy atom. The highest BCUT2D eigenvalue weighted by Crippen LogP contribution is 2.23. The van der Waals surface area contributed by atoms with Gasteiger partial charge < -0.3 is 4.74 Å². The Balaban J connectivity index is 1.85. The van der Waals surface area contributed by atoms with Crippen molar-refractivity contribution in [3.8, 4) is 17.4 Å². The van der Waals surface area contributed by atoms with Gasteiger partial charge in [-0.05, 0) is 50.1 Å². The van der Waals surface area contributed by atoms with Crippen molar-refractivity contribution in [2.24, 2.45) is 0 Å². The van der Waals surface area contributed by atoms with E-state index in [1.165, 1.54) is 0 Å². The van der Waals surface area contributed by atoms with Crippen molar-refractivity contribution >= 4 is 11.0 Å². The first-order chi connectivity index (χ1) is 12.6. The molecule has 0 fully saturated rings. The summed E-state index contributed by atoms with van der Waals surface area (Å²) in [5, 5.41) is 9.17. The van der Waals surface area contributed by atoms with Gasteiger partial charge in [0, 0.05) is 18.6 Å². The first kappa shape index (κ1) is 16.1. The molecule has 4 rings (SSSR count). The maximum Gasteiger partial charge on any atom is 0.298 e. The summed E-state index contributed by atoms with van der Waals surface area (Å²) in [5.74, 6) is 0. The highest BCUT2D eigenvalue weighted by molar-refractivity contribution is 5.74. The average Bonchev–Trinajstić information content (AvgIpc) is 3.24. The Labute approximate surface area is 149 Å². The number of H-pyrrole nitrogens is 1. The predicted molar refractivity (Wildman–Crippen MR) is 97.3 cm³/mol. The van der Waals surface area contributed by atoms with Crippen LogP contribution in [0.2, 0.25) is 0 Å².